The van der Waals surface area contributed by atoms with Gasteiger partial charge in [0.1, 0.15) is 0 Å². The predicted molar refractivity (Wildman–Crippen MR) is 79.8 cm³/mol. The van der Waals surface area contributed by atoms with Gasteiger partial charge in [-0.2, -0.15) is 8.78 Å². The number of carbonyl (C=O) groups excluding carboxylic acids is 1. The van der Waals surface area contributed by atoms with Gasteiger partial charge in [0.15, 0.2) is 17.4 Å². The highest BCUT2D eigenvalue weighted by Gasteiger charge is 2.26. The Hall–Kier alpha value is -2.91. The van der Waals surface area contributed by atoms with E-state index in [1.54, 1.807) is 0 Å². The van der Waals surface area contributed by atoms with Crippen molar-refractivity contribution < 1.29 is 31.8 Å². The first-order valence-corrected chi connectivity index (χ1v) is 7.61. The van der Waals surface area contributed by atoms with E-state index in [4.69, 9.17) is 4.74 Å². The topological polar surface area (TPSA) is 73.3 Å². The third-order valence-electron chi connectivity index (χ3n) is 3.45. The van der Waals surface area contributed by atoms with Crippen LogP contribution in [0.2, 0.25) is 0 Å². The molecule has 2 aromatic rings. The molecule has 1 aliphatic carbocycles. The number of hydrogen-bond acceptors (Lipinski definition) is 5. The van der Waals surface area contributed by atoms with Crippen molar-refractivity contribution in [1.29, 1.82) is 0 Å². The molecule has 1 amide bonds. The summed E-state index contributed by atoms with van der Waals surface area (Å²) in [7, 11) is 0. The van der Waals surface area contributed by atoms with E-state index in [0.717, 1.165) is 25.2 Å². The Balaban J connectivity index is 1.67. The molecule has 0 spiro atoms. The second-order valence-corrected chi connectivity index (χ2v) is 5.50. The van der Waals surface area contributed by atoms with Crippen LogP contribution in [0.5, 0.6) is 11.6 Å². The van der Waals surface area contributed by atoms with Gasteiger partial charge in [-0.1, -0.05) is 0 Å². The maximum absolute atomic E-state index is 13.9. The Morgan fingerprint density at radius 2 is 2.00 bits per heavy atom. The third-order valence-corrected chi connectivity index (χ3v) is 3.45. The highest BCUT2D eigenvalue weighted by atomic mass is 19.3. The second-order valence-electron chi connectivity index (χ2n) is 5.50. The lowest BCUT2D eigenvalue weighted by Crippen LogP contribution is -2.24. The van der Waals surface area contributed by atoms with Crippen molar-refractivity contribution >= 4 is 5.91 Å². The number of halogens is 4. The van der Waals surface area contributed by atoms with Gasteiger partial charge in [0, 0.05) is 24.5 Å². The molecule has 0 aromatic carbocycles. The van der Waals surface area contributed by atoms with Crippen molar-refractivity contribution in [2.45, 2.75) is 32.1 Å². The summed E-state index contributed by atoms with van der Waals surface area (Å²) in [5.74, 6) is -3.49. The molecule has 1 saturated carbocycles. The van der Waals surface area contributed by atoms with Gasteiger partial charge in [-0.15, -0.1) is 0 Å². The number of rotatable bonds is 7. The second kappa shape index (κ2) is 7.54. The molecule has 3 rings (SSSR count). The molecule has 6 nitrogen and oxygen atoms in total. The normalized spacial score (nSPS) is 13.6. The van der Waals surface area contributed by atoms with Crippen molar-refractivity contribution in [3.05, 3.63) is 47.4 Å². The molecule has 0 atom stereocenters. The molecule has 1 aliphatic rings. The molecular weight excluding hydrogens is 358 g/mol. The highest BCUT2D eigenvalue weighted by Crippen LogP contribution is 2.30. The smallest absolute Gasteiger partial charge is 0.388 e. The minimum atomic E-state index is -3.23. The number of nitrogens with one attached hydrogen (secondary N) is 1. The van der Waals surface area contributed by atoms with Crippen LogP contribution in [0.4, 0.5) is 17.6 Å². The highest BCUT2D eigenvalue weighted by molar-refractivity contribution is 5.93. The van der Waals surface area contributed by atoms with Crippen LogP contribution in [-0.4, -0.2) is 28.6 Å². The summed E-state index contributed by atoms with van der Waals surface area (Å²) in [6, 6.07) is 0.714. The van der Waals surface area contributed by atoms with E-state index in [0.29, 0.717) is 11.6 Å². The lowest BCUT2D eigenvalue weighted by molar-refractivity contribution is -0.0553. The monoisotopic (exact) mass is 371 g/mol. The van der Waals surface area contributed by atoms with Crippen LogP contribution in [0.3, 0.4) is 0 Å². The molecule has 1 N–H and O–H groups in total. The molecule has 0 aliphatic heterocycles. The average Bonchev–Trinajstić information content (AvgIpc) is 3.40. The Morgan fingerprint density at radius 3 is 2.65 bits per heavy atom. The molecule has 0 saturated heterocycles. The molecule has 2 heterocycles. The number of hydrogen-bond donors (Lipinski definition) is 1. The lowest BCUT2D eigenvalue weighted by atomic mass is 10.2. The zero-order valence-corrected chi connectivity index (χ0v) is 13.2. The maximum atomic E-state index is 13.9. The summed E-state index contributed by atoms with van der Waals surface area (Å²) < 4.78 is 61.0. The summed E-state index contributed by atoms with van der Waals surface area (Å²) in [6.45, 7) is -3.36. The number of alkyl halides is 2. The van der Waals surface area contributed by atoms with Gasteiger partial charge in [0.25, 0.3) is 11.8 Å². The molecule has 26 heavy (non-hydrogen) atoms. The van der Waals surface area contributed by atoms with Crippen molar-refractivity contribution in [2.75, 3.05) is 0 Å². The quantitative estimate of drug-likeness (QED) is 0.758. The van der Waals surface area contributed by atoms with Crippen LogP contribution in [0.1, 0.15) is 28.8 Å². The first-order valence-electron chi connectivity index (χ1n) is 7.61. The van der Waals surface area contributed by atoms with E-state index in [1.807, 2.05) is 0 Å². The number of ether oxygens (including phenoxy) is 2. The van der Waals surface area contributed by atoms with Gasteiger partial charge in [-0.3, -0.25) is 9.78 Å². The van der Waals surface area contributed by atoms with Gasteiger partial charge in [-0.25, -0.2) is 13.8 Å². The van der Waals surface area contributed by atoms with E-state index < -0.39 is 30.0 Å². The van der Waals surface area contributed by atoms with E-state index >= 15 is 0 Å². The van der Waals surface area contributed by atoms with Crippen LogP contribution in [0.15, 0.2) is 24.7 Å². The Morgan fingerprint density at radius 1 is 1.23 bits per heavy atom. The summed E-state index contributed by atoms with van der Waals surface area (Å²) in [5, 5.41) is 2.44. The Bertz CT molecular complexity index is 815. The maximum Gasteiger partial charge on any atom is 0.388 e. The van der Waals surface area contributed by atoms with Gasteiger partial charge in [-0.05, 0) is 18.9 Å². The first-order chi connectivity index (χ1) is 12.4. The number of aromatic nitrogens is 2. The van der Waals surface area contributed by atoms with E-state index in [-0.39, 0.29) is 24.0 Å². The van der Waals surface area contributed by atoms with E-state index in [2.05, 4.69) is 20.0 Å². The van der Waals surface area contributed by atoms with Gasteiger partial charge < -0.3 is 14.8 Å². The third kappa shape index (κ3) is 4.38. The average molecular weight is 371 g/mol. The van der Waals surface area contributed by atoms with Crippen LogP contribution in [0.25, 0.3) is 0 Å². The fourth-order valence-electron chi connectivity index (χ4n) is 2.07. The fraction of sp³-hybridized carbons (Fsp3) is 0.312. The Labute approximate surface area is 145 Å². The first kappa shape index (κ1) is 17.9. The zero-order chi connectivity index (χ0) is 18.7. The number of amides is 1. The van der Waals surface area contributed by atoms with Gasteiger partial charge in [0.2, 0.25) is 0 Å². The van der Waals surface area contributed by atoms with Crippen molar-refractivity contribution in [3.63, 3.8) is 0 Å². The van der Waals surface area contributed by atoms with Crippen molar-refractivity contribution in [3.8, 4) is 11.6 Å². The van der Waals surface area contributed by atoms with Crippen molar-refractivity contribution in [1.82, 2.24) is 15.3 Å². The number of nitrogens with zero attached hydrogens (tertiary/aromatic N) is 2. The predicted octanol–water partition coefficient (Wildman–Crippen LogP) is 2.83. The molecule has 0 unspecified atom stereocenters. The SMILES string of the molecule is O=C(NCc1cncc(F)c1OC1CC1)c1cnc(OC(F)F)c(F)c1. The molecule has 0 radical (unpaired) electrons. The van der Waals surface area contributed by atoms with Crippen LogP contribution < -0.4 is 14.8 Å². The van der Waals surface area contributed by atoms with Crippen LogP contribution >= 0.6 is 0 Å². The molecule has 138 valence electrons. The molecule has 0 bridgehead atoms. The number of carbonyl (C=O) groups is 1. The molecular formula is C16H13F4N3O3. The zero-order valence-electron chi connectivity index (χ0n) is 13.2. The standard InChI is InChI=1S/C16H13F4N3O3/c17-11-3-8(5-23-15(11)26-16(19)20)14(24)22-6-9-4-21-7-12(18)13(9)25-10-1-2-10/h3-5,7,10,16H,1-2,6H2,(H,22,24). The van der Waals surface area contributed by atoms with Gasteiger partial charge >= 0.3 is 6.61 Å². The largest absolute Gasteiger partial charge is 0.487 e. The lowest BCUT2D eigenvalue weighted by Gasteiger charge is -2.12. The minimum absolute atomic E-state index is 0.00721. The van der Waals surface area contributed by atoms with E-state index in [1.165, 1.54) is 6.20 Å². The molecule has 2 aromatic heterocycles. The molecule has 10 heteroatoms. The van der Waals surface area contributed by atoms with Crippen molar-refractivity contribution in [2.24, 2.45) is 0 Å². The van der Waals surface area contributed by atoms with E-state index in [9.17, 15) is 22.4 Å². The number of pyridine rings is 2. The van der Waals surface area contributed by atoms with Crippen LogP contribution in [-0.2, 0) is 6.54 Å². The van der Waals surface area contributed by atoms with Crippen LogP contribution in [0, 0.1) is 11.6 Å². The minimum Gasteiger partial charge on any atom is -0.487 e. The summed E-state index contributed by atoms with van der Waals surface area (Å²) >= 11 is 0. The summed E-state index contributed by atoms with van der Waals surface area (Å²) in [4.78, 5) is 19.1. The van der Waals surface area contributed by atoms with Gasteiger partial charge in [0.05, 0.1) is 17.9 Å². The summed E-state index contributed by atoms with van der Waals surface area (Å²) in [5.41, 5.74) is 0.106. The summed E-state index contributed by atoms with van der Waals surface area (Å²) in [6.07, 6.45) is 4.84. The molecule has 1 fully saturated rings. The Kier molecular flexibility index (Phi) is 5.19. The fourth-order valence-corrected chi connectivity index (χ4v) is 2.07.